The number of carbonyl (C=O) groups excluding carboxylic acids is 2. The third-order valence-electron chi connectivity index (χ3n) is 3.45. The molecule has 1 aliphatic rings. The number of amides is 2. The third-order valence-corrected chi connectivity index (χ3v) is 4.69. The summed E-state index contributed by atoms with van der Waals surface area (Å²) in [6, 6.07) is 0.0257. The largest absolute Gasteiger partial charge is 0.279 e. The van der Waals surface area contributed by atoms with E-state index in [1.165, 1.54) is 4.90 Å². The van der Waals surface area contributed by atoms with Crippen LogP contribution >= 0.6 is 11.8 Å². The van der Waals surface area contributed by atoms with Crippen molar-refractivity contribution in [3.8, 4) is 0 Å². The number of imide groups is 1. The molecule has 1 rings (SSSR count). The second kappa shape index (κ2) is 5.94. The minimum absolute atomic E-state index is 0.000880. The molecule has 2 amide bonds. The van der Waals surface area contributed by atoms with Crippen molar-refractivity contribution in [2.45, 2.75) is 63.3 Å². The van der Waals surface area contributed by atoms with E-state index in [1.807, 2.05) is 6.92 Å². The Morgan fingerprint density at radius 1 is 1.29 bits per heavy atom. The zero-order valence-electron chi connectivity index (χ0n) is 11.4. The Labute approximate surface area is 109 Å². The highest BCUT2D eigenvalue weighted by Crippen LogP contribution is 2.31. The van der Waals surface area contributed by atoms with Crippen LogP contribution in [0.25, 0.3) is 0 Å². The Morgan fingerprint density at radius 3 is 2.35 bits per heavy atom. The summed E-state index contributed by atoms with van der Waals surface area (Å²) in [5, 5.41) is 0.226. The standard InChI is InChI=1S/C12H22BNO2S/c1-7(2)17-10-6-11(15)14(12(10)16)9(4)8(3)13-5/h7-10,13H,6H2,1-5H3. The zero-order valence-corrected chi connectivity index (χ0v) is 12.2. The molecule has 0 spiro atoms. The summed E-state index contributed by atoms with van der Waals surface area (Å²) in [6.07, 6.45) is 0.377. The molecule has 3 atom stereocenters. The second-order valence-corrected chi connectivity index (χ2v) is 6.89. The summed E-state index contributed by atoms with van der Waals surface area (Å²) in [7, 11) is 0.986. The molecule has 0 aliphatic carbocycles. The summed E-state index contributed by atoms with van der Waals surface area (Å²) in [4.78, 5) is 25.6. The number of rotatable bonds is 5. The molecule has 96 valence electrons. The van der Waals surface area contributed by atoms with Crippen molar-refractivity contribution in [3.63, 3.8) is 0 Å². The SMILES string of the molecule is CBC(C)C(C)N1C(=O)CC(SC(C)C)C1=O. The maximum Gasteiger partial charge on any atom is 0.243 e. The van der Waals surface area contributed by atoms with Crippen LogP contribution in [0.15, 0.2) is 0 Å². The van der Waals surface area contributed by atoms with Gasteiger partial charge in [0.05, 0.1) is 5.25 Å². The lowest BCUT2D eigenvalue weighted by molar-refractivity contribution is -0.140. The van der Waals surface area contributed by atoms with Crippen LogP contribution in [0.2, 0.25) is 12.6 Å². The molecule has 0 aromatic rings. The molecular formula is C12H22BNO2S. The van der Waals surface area contributed by atoms with Crippen molar-refractivity contribution in [2.24, 2.45) is 0 Å². The Kier molecular flexibility index (Phi) is 5.11. The van der Waals surface area contributed by atoms with Crippen LogP contribution in [0, 0.1) is 0 Å². The summed E-state index contributed by atoms with van der Waals surface area (Å²) in [5.41, 5.74) is 0. The molecule has 0 bridgehead atoms. The monoisotopic (exact) mass is 255 g/mol. The van der Waals surface area contributed by atoms with E-state index in [4.69, 9.17) is 0 Å². The van der Waals surface area contributed by atoms with Crippen molar-refractivity contribution in [2.75, 3.05) is 0 Å². The van der Waals surface area contributed by atoms with E-state index in [2.05, 4.69) is 27.6 Å². The molecule has 1 saturated heterocycles. The van der Waals surface area contributed by atoms with Gasteiger partial charge in [-0.1, -0.05) is 27.6 Å². The van der Waals surface area contributed by atoms with Gasteiger partial charge >= 0.3 is 0 Å². The van der Waals surface area contributed by atoms with Crippen LogP contribution in [-0.2, 0) is 9.59 Å². The summed E-state index contributed by atoms with van der Waals surface area (Å²) >= 11 is 1.60. The lowest BCUT2D eigenvalue weighted by atomic mass is 9.64. The maximum atomic E-state index is 12.2. The van der Waals surface area contributed by atoms with Gasteiger partial charge in [-0.05, 0) is 18.0 Å². The minimum atomic E-state index is -0.158. The van der Waals surface area contributed by atoms with Crippen molar-refractivity contribution in [1.29, 1.82) is 0 Å². The van der Waals surface area contributed by atoms with Gasteiger partial charge in [-0.15, -0.1) is 11.8 Å². The molecule has 0 radical (unpaired) electrons. The average molecular weight is 255 g/mol. The van der Waals surface area contributed by atoms with Crippen LogP contribution in [0.4, 0.5) is 0 Å². The van der Waals surface area contributed by atoms with Crippen LogP contribution < -0.4 is 0 Å². The minimum Gasteiger partial charge on any atom is -0.279 e. The number of likely N-dealkylation sites (tertiary alicyclic amines) is 1. The highest BCUT2D eigenvalue weighted by atomic mass is 32.2. The zero-order chi connectivity index (χ0) is 13.2. The van der Waals surface area contributed by atoms with Crippen molar-refractivity contribution >= 4 is 30.9 Å². The number of hydrogen-bond acceptors (Lipinski definition) is 3. The molecule has 0 aromatic carbocycles. The molecule has 1 aliphatic heterocycles. The molecule has 0 N–H and O–H groups in total. The van der Waals surface area contributed by atoms with E-state index in [1.54, 1.807) is 11.8 Å². The van der Waals surface area contributed by atoms with Gasteiger partial charge in [0, 0.05) is 12.5 Å². The van der Waals surface area contributed by atoms with Gasteiger partial charge in [0.2, 0.25) is 11.8 Å². The van der Waals surface area contributed by atoms with E-state index in [9.17, 15) is 9.59 Å². The molecule has 3 nitrogen and oxygen atoms in total. The Bertz CT molecular complexity index is 309. The third kappa shape index (κ3) is 3.27. The van der Waals surface area contributed by atoms with Gasteiger partial charge in [0.1, 0.15) is 7.28 Å². The first-order chi connectivity index (χ1) is 7.88. The first kappa shape index (κ1) is 14.6. The van der Waals surface area contributed by atoms with Crippen LogP contribution in [0.5, 0.6) is 0 Å². The fraction of sp³-hybridized carbons (Fsp3) is 0.833. The van der Waals surface area contributed by atoms with E-state index >= 15 is 0 Å². The van der Waals surface area contributed by atoms with Crippen molar-refractivity contribution in [3.05, 3.63) is 0 Å². The molecule has 17 heavy (non-hydrogen) atoms. The topological polar surface area (TPSA) is 37.4 Å². The molecular weight excluding hydrogens is 233 g/mol. The molecule has 3 unspecified atom stereocenters. The highest BCUT2D eigenvalue weighted by Gasteiger charge is 2.42. The Balaban J connectivity index is 2.75. The fourth-order valence-corrected chi connectivity index (χ4v) is 3.21. The van der Waals surface area contributed by atoms with Crippen LogP contribution in [-0.4, -0.2) is 40.5 Å². The summed E-state index contributed by atoms with van der Waals surface area (Å²) in [5.74, 6) is 0.383. The number of thioether (sulfide) groups is 1. The second-order valence-electron chi connectivity index (χ2n) is 5.11. The molecule has 0 aromatic heterocycles. The number of hydrogen-bond donors (Lipinski definition) is 0. The summed E-state index contributed by atoms with van der Waals surface area (Å²) < 4.78 is 0. The van der Waals surface area contributed by atoms with E-state index in [0.29, 0.717) is 17.5 Å². The molecule has 1 fully saturated rings. The van der Waals surface area contributed by atoms with Gasteiger partial charge in [-0.2, -0.15) is 0 Å². The predicted molar refractivity (Wildman–Crippen MR) is 74.9 cm³/mol. The van der Waals surface area contributed by atoms with Crippen molar-refractivity contribution < 1.29 is 9.59 Å². The van der Waals surface area contributed by atoms with Gasteiger partial charge < -0.3 is 0 Å². The quantitative estimate of drug-likeness (QED) is 0.556. The van der Waals surface area contributed by atoms with Crippen molar-refractivity contribution in [1.82, 2.24) is 4.90 Å². The smallest absolute Gasteiger partial charge is 0.243 e. The maximum absolute atomic E-state index is 12.2. The normalized spacial score (nSPS) is 24.4. The van der Waals surface area contributed by atoms with Gasteiger partial charge in [0.15, 0.2) is 0 Å². The number of nitrogens with zero attached hydrogens (tertiary/aromatic N) is 1. The average Bonchev–Trinajstić information content (AvgIpc) is 2.51. The first-order valence-corrected chi connectivity index (χ1v) is 7.34. The van der Waals surface area contributed by atoms with Gasteiger partial charge in [-0.3, -0.25) is 14.5 Å². The Hall–Kier alpha value is -0.445. The molecule has 5 heteroatoms. The number of carbonyl (C=O) groups is 2. The van der Waals surface area contributed by atoms with E-state index in [-0.39, 0.29) is 23.1 Å². The Morgan fingerprint density at radius 2 is 1.88 bits per heavy atom. The van der Waals surface area contributed by atoms with Gasteiger partial charge in [0.25, 0.3) is 0 Å². The lowest BCUT2D eigenvalue weighted by Gasteiger charge is -2.27. The summed E-state index contributed by atoms with van der Waals surface area (Å²) in [6.45, 7) is 10.3. The van der Waals surface area contributed by atoms with E-state index < -0.39 is 0 Å². The van der Waals surface area contributed by atoms with Gasteiger partial charge in [-0.25, -0.2) is 0 Å². The predicted octanol–water partition coefficient (Wildman–Crippen LogP) is 1.94. The first-order valence-electron chi connectivity index (χ1n) is 6.39. The molecule has 0 saturated carbocycles. The fourth-order valence-electron chi connectivity index (χ4n) is 2.08. The van der Waals surface area contributed by atoms with Crippen LogP contribution in [0.1, 0.15) is 34.1 Å². The highest BCUT2D eigenvalue weighted by molar-refractivity contribution is 8.01. The van der Waals surface area contributed by atoms with Crippen LogP contribution in [0.3, 0.4) is 0 Å². The molecule has 1 heterocycles. The van der Waals surface area contributed by atoms with E-state index in [0.717, 1.165) is 7.28 Å². The lowest BCUT2D eigenvalue weighted by Crippen LogP contribution is -2.41.